The second-order valence-electron chi connectivity index (χ2n) is 2.08. The summed E-state index contributed by atoms with van der Waals surface area (Å²) in [4.78, 5) is 4.13. The van der Waals surface area contributed by atoms with Crippen LogP contribution >= 0.6 is 0 Å². The lowest BCUT2D eigenvalue weighted by atomic mass is 10.2. The van der Waals surface area contributed by atoms with Crippen molar-refractivity contribution in [3.05, 3.63) is 36.5 Å². The Kier molecular flexibility index (Phi) is 1.83. The van der Waals surface area contributed by atoms with Crippen molar-refractivity contribution >= 4 is 0 Å². The summed E-state index contributed by atoms with van der Waals surface area (Å²) in [6.45, 7) is 5.75. The summed E-state index contributed by atoms with van der Waals surface area (Å²) in [7, 11) is 0. The topological polar surface area (TPSA) is 12.9 Å². The zero-order valence-electron chi connectivity index (χ0n) is 5.59. The van der Waals surface area contributed by atoms with Gasteiger partial charge in [-0.1, -0.05) is 6.07 Å². The molecule has 0 spiro atoms. The lowest BCUT2D eigenvalue weighted by Crippen LogP contribution is -1.84. The Bertz CT molecular complexity index is 176. The van der Waals surface area contributed by atoms with E-state index >= 15 is 0 Å². The molecular formula is C8H10N. The third kappa shape index (κ3) is 1.53. The van der Waals surface area contributed by atoms with Crippen LogP contribution < -0.4 is 0 Å². The van der Waals surface area contributed by atoms with Crippen molar-refractivity contribution < 1.29 is 0 Å². The fraction of sp³-hybridized carbons (Fsp3) is 0.250. The van der Waals surface area contributed by atoms with E-state index in [-0.39, 0.29) is 0 Å². The highest BCUT2D eigenvalue weighted by atomic mass is 14.7. The number of pyridine rings is 1. The maximum absolute atomic E-state index is 4.13. The maximum Gasteiger partial charge on any atom is 0.0403 e. The monoisotopic (exact) mass is 120 g/mol. The zero-order valence-corrected chi connectivity index (χ0v) is 5.59. The first kappa shape index (κ1) is 6.27. The van der Waals surface area contributed by atoms with Crippen LogP contribution in [0, 0.1) is 13.8 Å². The molecule has 1 radical (unpaired) electrons. The lowest BCUT2D eigenvalue weighted by Gasteiger charge is -1.93. The van der Waals surface area contributed by atoms with Crippen molar-refractivity contribution in [3.63, 3.8) is 0 Å². The van der Waals surface area contributed by atoms with E-state index in [0.717, 1.165) is 12.1 Å². The molecule has 1 nitrogen and oxygen atoms in total. The fourth-order valence-electron chi connectivity index (χ4n) is 0.646. The number of hydrogen-bond acceptors (Lipinski definition) is 1. The average Bonchev–Trinajstić information content (AvgIpc) is 1.90. The van der Waals surface area contributed by atoms with Crippen LogP contribution in [0.4, 0.5) is 0 Å². The molecule has 1 heterocycles. The first-order chi connectivity index (χ1) is 4.33. The van der Waals surface area contributed by atoms with Crippen molar-refractivity contribution in [2.24, 2.45) is 0 Å². The van der Waals surface area contributed by atoms with Crippen LogP contribution in [0.1, 0.15) is 11.3 Å². The predicted octanol–water partition coefficient (Wildman–Crippen LogP) is 1.77. The van der Waals surface area contributed by atoms with Crippen LogP contribution in [-0.2, 0) is 6.42 Å². The van der Waals surface area contributed by atoms with E-state index in [9.17, 15) is 0 Å². The van der Waals surface area contributed by atoms with Crippen LogP contribution in [0.2, 0.25) is 0 Å². The molecule has 1 aromatic heterocycles. The van der Waals surface area contributed by atoms with Gasteiger partial charge in [0, 0.05) is 11.9 Å². The highest BCUT2D eigenvalue weighted by Gasteiger charge is 1.86. The average molecular weight is 120 g/mol. The van der Waals surface area contributed by atoms with E-state index in [0.29, 0.717) is 0 Å². The number of hydrogen-bond donors (Lipinski definition) is 0. The summed E-state index contributed by atoms with van der Waals surface area (Å²) in [6.07, 6.45) is 2.64. The van der Waals surface area contributed by atoms with Crippen LogP contribution in [0.5, 0.6) is 0 Å². The number of rotatable bonds is 1. The molecule has 0 amide bonds. The van der Waals surface area contributed by atoms with Crippen molar-refractivity contribution in [2.75, 3.05) is 0 Å². The van der Waals surface area contributed by atoms with Crippen molar-refractivity contribution in [3.8, 4) is 0 Å². The SMILES string of the molecule is [CH2]Cc1ccc(C)cn1. The molecule has 1 aromatic rings. The van der Waals surface area contributed by atoms with Crippen molar-refractivity contribution in [1.82, 2.24) is 4.98 Å². The summed E-state index contributed by atoms with van der Waals surface area (Å²) in [5.74, 6) is 0. The molecule has 0 unspecified atom stereocenters. The van der Waals surface area contributed by atoms with Crippen LogP contribution in [0.3, 0.4) is 0 Å². The van der Waals surface area contributed by atoms with Gasteiger partial charge in [0.2, 0.25) is 0 Å². The minimum atomic E-state index is 0.778. The van der Waals surface area contributed by atoms with Gasteiger partial charge in [0.05, 0.1) is 0 Å². The Morgan fingerprint density at radius 1 is 1.56 bits per heavy atom. The van der Waals surface area contributed by atoms with Crippen LogP contribution in [0.15, 0.2) is 18.3 Å². The lowest BCUT2D eigenvalue weighted by molar-refractivity contribution is 1.09. The molecule has 0 saturated carbocycles. The maximum atomic E-state index is 4.13. The molecule has 9 heavy (non-hydrogen) atoms. The Labute approximate surface area is 55.7 Å². The molecular weight excluding hydrogens is 110 g/mol. The molecule has 0 aromatic carbocycles. The van der Waals surface area contributed by atoms with Crippen LogP contribution in [-0.4, -0.2) is 4.98 Å². The van der Waals surface area contributed by atoms with E-state index in [2.05, 4.69) is 11.9 Å². The molecule has 0 fully saturated rings. The van der Waals surface area contributed by atoms with Gasteiger partial charge in [-0.25, -0.2) is 0 Å². The molecule has 0 saturated heterocycles. The van der Waals surface area contributed by atoms with Crippen LogP contribution in [0.25, 0.3) is 0 Å². The summed E-state index contributed by atoms with van der Waals surface area (Å²) in [5.41, 5.74) is 2.26. The summed E-state index contributed by atoms with van der Waals surface area (Å²) < 4.78 is 0. The molecule has 0 bridgehead atoms. The van der Waals surface area contributed by atoms with E-state index in [1.165, 1.54) is 5.56 Å². The predicted molar refractivity (Wildman–Crippen MR) is 38.0 cm³/mol. The van der Waals surface area contributed by atoms with E-state index in [1.54, 1.807) is 0 Å². The minimum Gasteiger partial charge on any atom is -0.261 e. The Morgan fingerprint density at radius 2 is 2.33 bits per heavy atom. The molecule has 1 rings (SSSR count). The van der Waals surface area contributed by atoms with Gasteiger partial charge in [-0.15, -0.1) is 0 Å². The van der Waals surface area contributed by atoms with Gasteiger partial charge in [-0.05, 0) is 31.9 Å². The van der Waals surface area contributed by atoms with E-state index < -0.39 is 0 Å². The largest absolute Gasteiger partial charge is 0.261 e. The summed E-state index contributed by atoms with van der Waals surface area (Å²) in [5, 5.41) is 0. The van der Waals surface area contributed by atoms with Gasteiger partial charge in [0.1, 0.15) is 0 Å². The van der Waals surface area contributed by atoms with Gasteiger partial charge < -0.3 is 0 Å². The number of aryl methyl sites for hydroxylation is 1. The third-order valence-electron chi connectivity index (χ3n) is 1.23. The summed E-state index contributed by atoms with van der Waals surface area (Å²) in [6, 6.07) is 4.05. The zero-order chi connectivity index (χ0) is 6.69. The van der Waals surface area contributed by atoms with E-state index in [1.807, 2.05) is 25.3 Å². The van der Waals surface area contributed by atoms with Gasteiger partial charge in [0.25, 0.3) is 0 Å². The molecule has 0 aliphatic carbocycles. The smallest absolute Gasteiger partial charge is 0.0403 e. The highest BCUT2D eigenvalue weighted by Crippen LogP contribution is 1.97. The summed E-state index contributed by atoms with van der Waals surface area (Å²) >= 11 is 0. The van der Waals surface area contributed by atoms with Gasteiger partial charge in [-0.3, -0.25) is 4.98 Å². The number of aromatic nitrogens is 1. The van der Waals surface area contributed by atoms with Crippen molar-refractivity contribution in [2.45, 2.75) is 13.3 Å². The third-order valence-corrected chi connectivity index (χ3v) is 1.23. The fourth-order valence-corrected chi connectivity index (χ4v) is 0.646. The minimum absolute atomic E-state index is 0.778. The van der Waals surface area contributed by atoms with Gasteiger partial charge >= 0.3 is 0 Å². The first-order valence-electron chi connectivity index (χ1n) is 3.03. The van der Waals surface area contributed by atoms with Crippen molar-refractivity contribution in [1.29, 1.82) is 0 Å². The quantitative estimate of drug-likeness (QED) is 0.550. The van der Waals surface area contributed by atoms with Gasteiger partial charge in [0.15, 0.2) is 0 Å². The molecule has 1 heteroatoms. The second-order valence-corrected chi connectivity index (χ2v) is 2.08. The normalized spacial score (nSPS) is 9.56. The second kappa shape index (κ2) is 2.62. The first-order valence-corrected chi connectivity index (χ1v) is 3.03. The standard InChI is InChI=1S/C8H10N/c1-3-8-5-4-7(2)6-9-8/h4-6H,1,3H2,2H3. The molecule has 0 N–H and O–H groups in total. The Hall–Kier alpha value is -0.850. The number of nitrogens with zero attached hydrogens (tertiary/aromatic N) is 1. The molecule has 0 aliphatic rings. The molecule has 47 valence electrons. The Morgan fingerprint density at radius 3 is 2.78 bits per heavy atom. The Balaban J connectivity index is 2.88. The molecule has 0 aliphatic heterocycles. The highest BCUT2D eigenvalue weighted by molar-refractivity contribution is 5.12. The van der Waals surface area contributed by atoms with Gasteiger partial charge in [-0.2, -0.15) is 0 Å². The van der Waals surface area contributed by atoms with E-state index in [4.69, 9.17) is 0 Å². The molecule has 0 atom stereocenters.